The van der Waals surface area contributed by atoms with Crippen molar-refractivity contribution in [2.24, 2.45) is 0 Å². The van der Waals surface area contributed by atoms with E-state index in [0.717, 1.165) is 0 Å². The van der Waals surface area contributed by atoms with E-state index in [-0.39, 0.29) is 5.56 Å². The Morgan fingerprint density at radius 1 is 1.16 bits per heavy atom. The van der Waals surface area contributed by atoms with Gasteiger partial charge >= 0.3 is 5.97 Å². The Morgan fingerprint density at radius 3 is 2.42 bits per heavy atom. The van der Waals surface area contributed by atoms with Gasteiger partial charge in [-0.2, -0.15) is 0 Å². The topological polar surface area (TPSA) is 46.5 Å². The number of carboxylic acids is 1. The molecule has 3 nitrogen and oxygen atoms in total. The highest BCUT2D eigenvalue weighted by Crippen LogP contribution is 2.26. The van der Waals surface area contributed by atoms with Crippen LogP contribution in [0.15, 0.2) is 48.5 Å². The fourth-order valence-corrected chi connectivity index (χ4v) is 1.68. The summed E-state index contributed by atoms with van der Waals surface area (Å²) in [6.45, 7) is 1.44. The number of para-hydroxylation sites is 1. The highest BCUT2D eigenvalue weighted by molar-refractivity contribution is 5.75. The first-order chi connectivity index (χ1) is 9.08. The molecule has 4 heteroatoms. The van der Waals surface area contributed by atoms with Crippen LogP contribution in [0.2, 0.25) is 0 Å². The van der Waals surface area contributed by atoms with Crippen LogP contribution >= 0.6 is 0 Å². The predicted molar refractivity (Wildman–Crippen MR) is 69.0 cm³/mol. The van der Waals surface area contributed by atoms with E-state index < -0.39 is 17.7 Å². The summed E-state index contributed by atoms with van der Waals surface area (Å²) >= 11 is 0. The zero-order valence-electron chi connectivity index (χ0n) is 10.3. The summed E-state index contributed by atoms with van der Waals surface area (Å²) in [6.07, 6.45) is 0. The highest BCUT2D eigenvalue weighted by atomic mass is 19.1. The van der Waals surface area contributed by atoms with Crippen LogP contribution in [0.5, 0.6) is 11.5 Å². The Labute approximate surface area is 110 Å². The van der Waals surface area contributed by atoms with E-state index in [1.807, 2.05) is 18.2 Å². The molecule has 0 saturated heterocycles. The van der Waals surface area contributed by atoms with Gasteiger partial charge < -0.3 is 9.84 Å². The predicted octanol–water partition coefficient (Wildman–Crippen LogP) is 3.81. The van der Waals surface area contributed by atoms with Gasteiger partial charge in [-0.3, -0.25) is 4.79 Å². The Kier molecular flexibility index (Phi) is 3.80. The quantitative estimate of drug-likeness (QED) is 0.909. The van der Waals surface area contributed by atoms with Crippen molar-refractivity contribution in [3.05, 3.63) is 59.9 Å². The third-order valence-electron chi connectivity index (χ3n) is 2.79. The van der Waals surface area contributed by atoms with Gasteiger partial charge in [0.1, 0.15) is 17.3 Å². The maximum absolute atomic E-state index is 13.8. The van der Waals surface area contributed by atoms with Gasteiger partial charge in [0.05, 0.1) is 5.92 Å². The first-order valence-electron chi connectivity index (χ1n) is 5.83. The fourth-order valence-electron chi connectivity index (χ4n) is 1.68. The molecule has 0 radical (unpaired) electrons. The summed E-state index contributed by atoms with van der Waals surface area (Å²) in [6, 6.07) is 13.2. The van der Waals surface area contributed by atoms with E-state index >= 15 is 0 Å². The molecule has 2 aromatic rings. The van der Waals surface area contributed by atoms with E-state index in [0.29, 0.717) is 11.5 Å². The number of rotatable bonds is 4. The van der Waals surface area contributed by atoms with E-state index in [4.69, 9.17) is 9.84 Å². The maximum Gasteiger partial charge on any atom is 0.310 e. The number of aliphatic carboxylic acids is 1. The van der Waals surface area contributed by atoms with Crippen LogP contribution in [-0.4, -0.2) is 11.1 Å². The molecular formula is C15H13FO3. The van der Waals surface area contributed by atoms with Gasteiger partial charge in [0, 0.05) is 11.6 Å². The lowest BCUT2D eigenvalue weighted by molar-refractivity contribution is -0.138. The molecule has 98 valence electrons. The number of carboxylic acid groups (broad SMARTS) is 1. The molecule has 0 aliphatic heterocycles. The molecule has 2 rings (SSSR count). The molecule has 0 aromatic heterocycles. The van der Waals surface area contributed by atoms with E-state index in [1.54, 1.807) is 18.2 Å². The molecule has 1 atom stereocenters. The van der Waals surface area contributed by atoms with Crippen LogP contribution in [0.3, 0.4) is 0 Å². The van der Waals surface area contributed by atoms with Gasteiger partial charge in [0.15, 0.2) is 0 Å². The monoisotopic (exact) mass is 260 g/mol. The van der Waals surface area contributed by atoms with E-state index in [2.05, 4.69) is 0 Å². The second kappa shape index (κ2) is 5.52. The van der Waals surface area contributed by atoms with Gasteiger partial charge in [-0.1, -0.05) is 24.3 Å². The van der Waals surface area contributed by atoms with Crippen molar-refractivity contribution >= 4 is 5.97 Å². The van der Waals surface area contributed by atoms with Crippen LogP contribution in [0, 0.1) is 5.82 Å². The molecular weight excluding hydrogens is 247 g/mol. The lowest BCUT2D eigenvalue weighted by atomic mass is 10.0. The number of carbonyl (C=O) groups is 1. The van der Waals surface area contributed by atoms with Crippen LogP contribution in [-0.2, 0) is 4.79 Å². The van der Waals surface area contributed by atoms with Crippen LogP contribution in [0.1, 0.15) is 18.4 Å². The normalized spacial score (nSPS) is 11.9. The molecule has 0 fully saturated rings. The van der Waals surface area contributed by atoms with Crippen molar-refractivity contribution in [1.82, 2.24) is 0 Å². The molecule has 0 aliphatic carbocycles. The van der Waals surface area contributed by atoms with Gasteiger partial charge in [0.25, 0.3) is 0 Å². The summed E-state index contributed by atoms with van der Waals surface area (Å²) in [7, 11) is 0. The van der Waals surface area contributed by atoms with Crippen molar-refractivity contribution in [1.29, 1.82) is 0 Å². The average Bonchev–Trinajstić information content (AvgIpc) is 2.39. The zero-order chi connectivity index (χ0) is 13.8. The largest absolute Gasteiger partial charge is 0.481 e. The summed E-state index contributed by atoms with van der Waals surface area (Å²) in [5.74, 6) is -1.59. The van der Waals surface area contributed by atoms with Gasteiger partial charge in [-0.25, -0.2) is 4.39 Å². The fraction of sp³-hybridized carbons (Fsp3) is 0.133. The van der Waals surface area contributed by atoms with Gasteiger partial charge in [-0.15, -0.1) is 0 Å². The molecule has 1 unspecified atom stereocenters. The summed E-state index contributed by atoms with van der Waals surface area (Å²) < 4.78 is 19.3. The van der Waals surface area contributed by atoms with E-state index in [9.17, 15) is 9.18 Å². The zero-order valence-corrected chi connectivity index (χ0v) is 10.3. The van der Waals surface area contributed by atoms with Crippen molar-refractivity contribution < 1.29 is 19.0 Å². The number of hydrogen-bond donors (Lipinski definition) is 1. The number of hydrogen-bond acceptors (Lipinski definition) is 2. The SMILES string of the molecule is CC(C(=O)O)c1ccc(Oc2ccccc2)cc1F. The minimum atomic E-state index is -1.06. The first-order valence-corrected chi connectivity index (χ1v) is 5.83. The first kappa shape index (κ1) is 13.1. The lowest BCUT2D eigenvalue weighted by Crippen LogP contribution is -2.09. The van der Waals surface area contributed by atoms with Crippen LogP contribution < -0.4 is 4.74 Å². The molecule has 2 aromatic carbocycles. The average molecular weight is 260 g/mol. The Morgan fingerprint density at radius 2 is 1.84 bits per heavy atom. The number of ether oxygens (including phenoxy) is 1. The second-order valence-corrected chi connectivity index (χ2v) is 4.16. The van der Waals surface area contributed by atoms with Crippen molar-refractivity contribution in [2.75, 3.05) is 0 Å². The summed E-state index contributed by atoms with van der Waals surface area (Å²) in [5.41, 5.74) is 0.146. The number of halogens is 1. The van der Waals surface area contributed by atoms with Crippen LogP contribution in [0.25, 0.3) is 0 Å². The third kappa shape index (κ3) is 3.10. The lowest BCUT2D eigenvalue weighted by Gasteiger charge is -2.10. The second-order valence-electron chi connectivity index (χ2n) is 4.16. The van der Waals surface area contributed by atoms with Crippen molar-refractivity contribution in [2.45, 2.75) is 12.8 Å². The summed E-state index contributed by atoms with van der Waals surface area (Å²) in [4.78, 5) is 10.8. The molecule has 19 heavy (non-hydrogen) atoms. The Balaban J connectivity index is 2.22. The van der Waals surface area contributed by atoms with E-state index in [1.165, 1.54) is 19.1 Å². The number of benzene rings is 2. The maximum atomic E-state index is 13.8. The third-order valence-corrected chi connectivity index (χ3v) is 2.79. The Hall–Kier alpha value is -2.36. The summed E-state index contributed by atoms with van der Waals surface area (Å²) in [5, 5.41) is 8.87. The molecule has 0 aliphatic rings. The molecule has 0 heterocycles. The van der Waals surface area contributed by atoms with Gasteiger partial charge in [-0.05, 0) is 25.1 Å². The highest BCUT2D eigenvalue weighted by Gasteiger charge is 2.18. The molecule has 0 amide bonds. The molecule has 1 N–H and O–H groups in total. The van der Waals surface area contributed by atoms with Crippen molar-refractivity contribution in [3.8, 4) is 11.5 Å². The molecule has 0 saturated carbocycles. The van der Waals surface area contributed by atoms with Crippen LogP contribution in [0.4, 0.5) is 4.39 Å². The minimum absolute atomic E-state index is 0.146. The standard InChI is InChI=1S/C15H13FO3/c1-10(15(17)18)13-8-7-12(9-14(13)16)19-11-5-3-2-4-6-11/h2-10H,1H3,(H,17,18). The Bertz CT molecular complexity index is 581. The smallest absolute Gasteiger partial charge is 0.310 e. The van der Waals surface area contributed by atoms with Gasteiger partial charge in [0.2, 0.25) is 0 Å². The minimum Gasteiger partial charge on any atom is -0.481 e. The molecule has 0 spiro atoms. The molecule has 0 bridgehead atoms. The van der Waals surface area contributed by atoms with Crippen molar-refractivity contribution in [3.63, 3.8) is 0 Å².